The van der Waals surface area contributed by atoms with Crippen LogP contribution in [0.25, 0.3) is 82.5 Å². The van der Waals surface area contributed by atoms with Crippen molar-refractivity contribution in [3.8, 4) is 29.2 Å². The highest BCUT2D eigenvalue weighted by Crippen LogP contribution is 2.42. The molecule has 226 valence electrons. The lowest BCUT2D eigenvalue weighted by Gasteiger charge is -2.13. The Kier molecular flexibility index (Phi) is 5.64. The monoisotopic (exact) mass is 623 g/mol. The van der Waals surface area contributed by atoms with E-state index in [-0.39, 0.29) is 0 Å². The Bertz CT molecular complexity index is 3000. The molecule has 0 atom stereocenters. The number of aromatic nitrogens is 3. The Balaban J connectivity index is 1.29. The van der Waals surface area contributed by atoms with Gasteiger partial charge in [-0.1, -0.05) is 66.7 Å². The molecule has 49 heavy (non-hydrogen) atoms. The fraction of sp³-hybridized carbons (Fsp3) is 0. The van der Waals surface area contributed by atoms with E-state index in [1.165, 1.54) is 32.6 Å². The molecule has 0 fully saturated rings. The van der Waals surface area contributed by atoms with E-state index < -0.39 is 0 Å². The molecule has 5 heteroatoms. The van der Waals surface area contributed by atoms with Crippen LogP contribution in [0.2, 0.25) is 0 Å². The normalized spacial score (nSPS) is 11.6. The second-order valence-electron chi connectivity index (χ2n) is 12.4. The van der Waals surface area contributed by atoms with Gasteiger partial charge < -0.3 is 13.7 Å². The topological polar surface area (TPSA) is 62.4 Å². The lowest BCUT2D eigenvalue weighted by molar-refractivity contribution is 1.13. The van der Waals surface area contributed by atoms with Gasteiger partial charge in [0.25, 0.3) is 0 Å². The summed E-state index contributed by atoms with van der Waals surface area (Å²) < 4.78 is 7.01. The molecule has 0 aliphatic rings. The van der Waals surface area contributed by atoms with Crippen LogP contribution in [-0.4, -0.2) is 13.7 Å². The van der Waals surface area contributed by atoms with Crippen molar-refractivity contribution in [3.63, 3.8) is 0 Å². The molecule has 0 saturated carbocycles. The summed E-state index contributed by atoms with van der Waals surface area (Å²) >= 11 is 0. The van der Waals surface area contributed by atoms with Gasteiger partial charge >= 0.3 is 0 Å². The summed E-state index contributed by atoms with van der Waals surface area (Å²) in [5.41, 5.74) is 11.0. The first-order chi connectivity index (χ1) is 24.2. The minimum Gasteiger partial charge on any atom is -0.309 e. The Labute approximate surface area is 280 Å². The molecule has 10 rings (SSSR count). The van der Waals surface area contributed by atoms with Crippen LogP contribution in [-0.2, 0) is 0 Å². The van der Waals surface area contributed by atoms with E-state index in [1.54, 1.807) is 0 Å². The molecule has 0 N–H and O–H groups in total. The standard InChI is InChI=1S/C44H25N5/c45-26-28-17-20-40-36(23-28)37-24-29(27-46)18-21-41(37)47(40)31-11-8-12-32(25-31)48-39-16-7-5-14-35(39)43-42(48)22-19-34-33-13-4-6-15-38(33)49(44(34)43)30-9-2-1-3-10-30/h1-25H. The number of hydrogen-bond donors (Lipinski definition) is 0. The molecule has 0 amide bonds. The van der Waals surface area contributed by atoms with Crippen molar-refractivity contribution in [2.75, 3.05) is 0 Å². The van der Waals surface area contributed by atoms with Crippen molar-refractivity contribution in [1.82, 2.24) is 13.7 Å². The van der Waals surface area contributed by atoms with Gasteiger partial charge in [-0.3, -0.25) is 0 Å². The second-order valence-corrected chi connectivity index (χ2v) is 12.4. The van der Waals surface area contributed by atoms with Crippen LogP contribution in [0.1, 0.15) is 11.1 Å². The van der Waals surface area contributed by atoms with Crippen molar-refractivity contribution in [1.29, 1.82) is 10.5 Å². The zero-order chi connectivity index (χ0) is 32.6. The minimum atomic E-state index is 0.590. The maximum atomic E-state index is 9.68. The molecule has 0 aliphatic heterocycles. The summed E-state index contributed by atoms with van der Waals surface area (Å²) in [5.74, 6) is 0. The number of benzene rings is 7. The zero-order valence-corrected chi connectivity index (χ0v) is 26.2. The average molecular weight is 624 g/mol. The van der Waals surface area contributed by atoms with Crippen molar-refractivity contribution in [3.05, 3.63) is 163 Å². The van der Waals surface area contributed by atoms with Gasteiger partial charge in [-0.15, -0.1) is 0 Å². The first-order valence-electron chi connectivity index (χ1n) is 16.2. The molecule has 3 aromatic heterocycles. The third-order valence-corrected chi connectivity index (χ3v) is 9.85. The van der Waals surface area contributed by atoms with Crippen LogP contribution in [0, 0.1) is 22.7 Å². The van der Waals surface area contributed by atoms with Gasteiger partial charge in [0.1, 0.15) is 0 Å². The summed E-state index contributed by atoms with van der Waals surface area (Å²) in [4.78, 5) is 0. The molecule has 0 saturated heterocycles. The van der Waals surface area contributed by atoms with Crippen molar-refractivity contribution in [2.24, 2.45) is 0 Å². The van der Waals surface area contributed by atoms with Crippen LogP contribution >= 0.6 is 0 Å². The van der Waals surface area contributed by atoms with E-state index in [4.69, 9.17) is 0 Å². The first kappa shape index (κ1) is 27.1. The first-order valence-corrected chi connectivity index (χ1v) is 16.2. The predicted octanol–water partition coefficient (Wildman–Crippen LogP) is 10.7. The van der Waals surface area contributed by atoms with E-state index in [2.05, 4.69) is 141 Å². The van der Waals surface area contributed by atoms with E-state index >= 15 is 0 Å². The molecule has 10 aromatic rings. The van der Waals surface area contributed by atoms with E-state index in [0.717, 1.165) is 49.9 Å². The summed E-state index contributed by atoms with van der Waals surface area (Å²) in [5, 5.41) is 26.1. The van der Waals surface area contributed by atoms with Crippen LogP contribution in [0.3, 0.4) is 0 Å². The number of rotatable bonds is 3. The van der Waals surface area contributed by atoms with Crippen LogP contribution < -0.4 is 0 Å². The smallest absolute Gasteiger partial charge is 0.0991 e. The largest absolute Gasteiger partial charge is 0.309 e. The van der Waals surface area contributed by atoms with Gasteiger partial charge in [0.05, 0.1) is 56.4 Å². The Morgan fingerprint density at radius 1 is 0.347 bits per heavy atom. The van der Waals surface area contributed by atoms with Gasteiger partial charge in [0, 0.05) is 49.4 Å². The number of nitrogens with zero attached hydrogens (tertiary/aromatic N) is 5. The van der Waals surface area contributed by atoms with Crippen molar-refractivity contribution >= 4 is 65.4 Å². The number of hydrogen-bond acceptors (Lipinski definition) is 2. The number of para-hydroxylation sites is 3. The molecular weight excluding hydrogens is 599 g/mol. The van der Waals surface area contributed by atoms with E-state index in [1.807, 2.05) is 36.4 Å². The average Bonchev–Trinajstić information content (AvgIpc) is 3.80. The Morgan fingerprint density at radius 3 is 1.51 bits per heavy atom. The zero-order valence-electron chi connectivity index (χ0n) is 26.2. The van der Waals surface area contributed by atoms with Gasteiger partial charge in [0.15, 0.2) is 0 Å². The summed E-state index contributed by atoms with van der Waals surface area (Å²) in [7, 11) is 0. The SMILES string of the molecule is N#Cc1ccc2c(c1)c1cc(C#N)ccc1n2-c1cccc(-n2c3ccccc3c3c2ccc2c4ccccc4n(-c4ccccc4)c23)c1. The maximum Gasteiger partial charge on any atom is 0.0991 e. The van der Waals surface area contributed by atoms with Gasteiger partial charge in [0.2, 0.25) is 0 Å². The Morgan fingerprint density at radius 2 is 0.857 bits per heavy atom. The molecule has 0 radical (unpaired) electrons. The third-order valence-electron chi connectivity index (χ3n) is 9.85. The van der Waals surface area contributed by atoms with Crippen molar-refractivity contribution in [2.45, 2.75) is 0 Å². The molecular formula is C44H25N5. The predicted molar refractivity (Wildman–Crippen MR) is 199 cm³/mol. The summed E-state index contributed by atoms with van der Waals surface area (Å²) in [6.45, 7) is 0. The molecule has 0 aliphatic carbocycles. The highest BCUT2D eigenvalue weighted by Gasteiger charge is 2.21. The van der Waals surface area contributed by atoms with Crippen molar-refractivity contribution < 1.29 is 0 Å². The van der Waals surface area contributed by atoms with Gasteiger partial charge in [-0.05, 0) is 84.9 Å². The third kappa shape index (κ3) is 3.79. The van der Waals surface area contributed by atoms with Crippen LogP contribution in [0.15, 0.2) is 152 Å². The highest BCUT2D eigenvalue weighted by molar-refractivity contribution is 6.26. The second kappa shape index (κ2) is 10.2. The lowest BCUT2D eigenvalue weighted by atomic mass is 10.1. The fourth-order valence-electron chi connectivity index (χ4n) is 7.84. The van der Waals surface area contributed by atoms with Gasteiger partial charge in [-0.2, -0.15) is 10.5 Å². The molecule has 0 spiro atoms. The number of fused-ring (bicyclic) bond motifs is 10. The Hall–Kier alpha value is -7.08. The van der Waals surface area contributed by atoms with E-state index in [0.29, 0.717) is 11.1 Å². The minimum absolute atomic E-state index is 0.590. The maximum absolute atomic E-state index is 9.68. The highest BCUT2D eigenvalue weighted by atomic mass is 15.0. The molecule has 0 bridgehead atoms. The summed E-state index contributed by atoms with van der Waals surface area (Å²) in [6.07, 6.45) is 0. The molecule has 3 heterocycles. The number of nitriles is 2. The summed E-state index contributed by atoms with van der Waals surface area (Å²) in [6, 6.07) is 57.2. The van der Waals surface area contributed by atoms with E-state index in [9.17, 15) is 10.5 Å². The quantitative estimate of drug-likeness (QED) is 0.197. The lowest BCUT2D eigenvalue weighted by Crippen LogP contribution is -1.99. The van der Waals surface area contributed by atoms with Gasteiger partial charge in [-0.25, -0.2) is 0 Å². The molecule has 5 nitrogen and oxygen atoms in total. The van der Waals surface area contributed by atoms with Crippen LogP contribution in [0.5, 0.6) is 0 Å². The van der Waals surface area contributed by atoms with Crippen LogP contribution in [0.4, 0.5) is 0 Å². The molecule has 0 unspecified atom stereocenters. The fourth-order valence-corrected chi connectivity index (χ4v) is 7.84. The molecule has 7 aromatic carbocycles.